The molecular weight excluding hydrogens is 254 g/mol. The molecule has 1 aliphatic carbocycles. The van der Waals surface area contributed by atoms with Gasteiger partial charge < -0.3 is 11.1 Å². The van der Waals surface area contributed by atoms with Gasteiger partial charge in [0, 0.05) is 12.3 Å². The lowest BCUT2D eigenvalue weighted by Crippen LogP contribution is -2.47. The van der Waals surface area contributed by atoms with Crippen LogP contribution in [0.5, 0.6) is 0 Å². The summed E-state index contributed by atoms with van der Waals surface area (Å²) in [5.74, 6) is -0.629. The number of amides is 1. The average molecular weight is 273 g/mol. The number of carbonyl (C=O) groups is 1. The van der Waals surface area contributed by atoms with Gasteiger partial charge in [-0.1, -0.05) is 0 Å². The Hall–Kier alpha value is -1.13. The van der Waals surface area contributed by atoms with Crippen LogP contribution in [0.1, 0.15) is 25.7 Å². The average Bonchev–Trinajstić information content (AvgIpc) is 2.72. The second-order valence-corrected chi connectivity index (χ2v) is 7.07. The minimum Gasteiger partial charge on any atom is -0.351 e. The monoisotopic (exact) mass is 273 g/mol. The molecule has 102 valence electrons. The standard InChI is InChI=1S/C11H19N3O3S/c1-18(16,17)6-5-9(13)11(15)14-10-4-2-3-8(10)7-12/h8-10H,2-6,13H2,1H3,(H,14,15). The summed E-state index contributed by atoms with van der Waals surface area (Å²) in [4.78, 5) is 11.7. The molecule has 0 bridgehead atoms. The zero-order chi connectivity index (χ0) is 13.8. The quantitative estimate of drug-likeness (QED) is 0.705. The Bertz CT molecular complexity index is 441. The van der Waals surface area contributed by atoms with Gasteiger partial charge in [-0.25, -0.2) is 8.42 Å². The van der Waals surface area contributed by atoms with E-state index in [1.807, 2.05) is 0 Å². The van der Waals surface area contributed by atoms with Crippen molar-refractivity contribution in [3.05, 3.63) is 0 Å². The number of carbonyl (C=O) groups excluding carboxylic acids is 1. The van der Waals surface area contributed by atoms with Gasteiger partial charge in [0.25, 0.3) is 0 Å². The van der Waals surface area contributed by atoms with Gasteiger partial charge in [0.15, 0.2) is 0 Å². The van der Waals surface area contributed by atoms with Crippen molar-refractivity contribution in [1.29, 1.82) is 5.26 Å². The third kappa shape index (κ3) is 4.63. The molecule has 1 aliphatic rings. The zero-order valence-electron chi connectivity index (χ0n) is 10.4. The number of nitrogens with zero attached hydrogens (tertiary/aromatic N) is 1. The fraction of sp³-hybridized carbons (Fsp3) is 0.818. The highest BCUT2D eigenvalue weighted by molar-refractivity contribution is 7.90. The van der Waals surface area contributed by atoms with Crippen molar-refractivity contribution in [3.8, 4) is 6.07 Å². The molecule has 1 rings (SSSR count). The second-order valence-electron chi connectivity index (χ2n) is 4.81. The van der Waals surface area contributed by atoms with Crippen LogP contribution in [0.4, 0.5) is 0 Å². The molecule has 3 atom stereocenters. The summed E-state index contributed by atoms with van der Waals surface area (Å²) in [7, 11) is -3.11. The van der Waals surface area contributed by atoms with Gasteiger partial charge in [-0.15, -0.1) is 0 Å². The molecule has 1 saturated carbocycles. The Kier molecular flexibility index (Phi) is 5.11. The molecule has 1 amide bonds. The first-order chi connectivity index (χ1) is 8.33. The van der Waals surface area contributed by atoms with Crippen LogP contribution < -0.4 is 11.1 Å². The summed E-state index contributed by atoms with van der Waals surface area (Å²) in [6.45, 7) is 0. The first-order valence-corrected chi connectivity index (χ1v) is 8.03. The number of hydrogen-bond acceptors (Lipinski definition) is 5. The van der Waals surface area contributed by atoms with Crippen LogP contribution in [0.15, 0.2) is 0 Å². The van der Waals surface area contributed by atoms with E-state index in [0.29, 0.717) is 0 Å². The summed E-state index contributed by atoms with van der Waals surface area (Å²) in [6, 6.07) is 1.18. The fourth-order valence-electron chi connectivity index (χ4n) is 2.05. The lowest BCUT2D eigenvalue weighted by molar-refractivity contribution is -0.123. The maximum atomic E-state index is 11.7. The van der Waals surface area contributed by atoms with Gasteiger partial charge in [0.05, 0.1) is 23.8 Å². The van der Waals surface area contributed by atoms with Crippen molar-refractivity contribution >= 4 is 15.7 Å². The first-order valence-electron chi connectivity index (χ1n) is 5.97. The zero-order valence-corrected chi connectivity index (χ0v) is 11.2. The van der Waals surface area contributed by atoms with Crippen LogP contribution in [0.25, 0.3) is 0 Å². The molecule has 0 radical (unpaired) electrons. The SMILES string of the molecule is CS(=O)(=O)CCC(N)C(=O)NC1CCCC1C#N. The number of nitrogens with one attached hydrogen (secondary N) is 1. The maximum Gasteiger partial charge on any atom is 0.237 e. The summed E-state index contributed by atoms with van der Waals surface area (Å²) in [6.07, 6.45) is 3.71. The molecule has 0 saturated heterocycles. The van der Waals surface area contributed by atoms with Crippen molar-refractivity contribution in [1.82, 2.24) is 5.32 Å². The van der Waals surface area contributed by atoms with Gasteiger partial charge in [-0.05, 0) is 25.7 Å². The lowest BCUT2D eigenvalue weighted by atomic mass is 10.1. The number of nitrogens with two attached hydrogens (primary N) is 1. The molecule has 0 spiro atoms. The summed E-state index contributed by atoms with van der Waals surface area (Å²) < 4.78 is 21.9. The van der Waals surface area contributed by atoms with E-state index in [1.165, 1.54) is 0 Å². The van der Waals surface area contributed by atoms with E-state index >= 15 is 0 Å². The number of nitriles is 1. The van der Waals surface area contributed by atoms with E-state index in [4.69, 9.17) is 11.0 Å². The van der Waals surface area contributed by atoms with Crippen molar-refractivity contribution in [2.24, 2.45) is 11.7 Å². The maximum absolute atomic E-state index is 11.7. The Labute approximate surface area is 107 Å². The molecule has 0 heterocycles. The Morgan fingerprint density at radius 3 is 2.78 bits per heavy atom. The molecule has 3 N–H and O–H groups in total. The van der Waals surface area contributed by atoms with Crippen LogP contribution in [0.3, 0.4) is 0 Å². The van der Waals surface area contributed by atoms with E-state index in [9.17, 15) is 13.2 Å². The predicted molar refractivity (Wildman–Crippen MR) is 67.2 cm³/mol. The van der Waals surface area contributed by atoms with Gasteiger partial charge in [-0.3, -0.25) is 4.79 Å². The predicted octanol–water partition coefficient (Wildman–Crippen LogP) is -0.443. The van der Waals surface area contributed by atoms with E-state index in [2.05, 4.69) is 11.4 Å². The van der Waals surface area contributed by atoms with E-state index < -0.39 is 15.9 Å². The van der Waals surface area contributed by atoms with Crippen molar-refractivity contribution < 1.29 is 13.2 Å². The molecule has 0 aliphatic heterocycles. The third-order valence-corrected chi connectivity index (χ3v) is 4.12. The highest BCUT2D eigenvalue weighted by atomic mass is 32.2. The van der Waals surface area contributed by atoms with Crippen LogP contribution >= 0.6 is 0 Å². The fourth-order valence-corrected chi connectivity index (χ4v) is 2.73. The second kappa shape index (κ2) is 6.16. The van der Waals surface area contributed by atoms with Crippen molar-refractivity contribution in [2.45, 2.75) is 37.8 Å². The minimum atomic E-state index is -3.11. The molecule has 6 nitrogen and oxygen atoms in total. The van der Waals surface area contributed by atoms with Crippen LogP contribution in [-0.2, 0) is 14.6 Å². The Balaban J connectivity index is 2.43. The molecule has 1 fully saturated rings. The van der Waals surface area contributed by atoms with Crippen molar-refractivity contribution in [3.63, 3.8) is 0 Å². The largest absolute Gasteiger partial charge is 0.351 e. The van der Waals surface area contributed by atoms with Gasteiger partial charge >= 0.3 is 0 Å². The molecule has 0 aromatic rings. The molecule has 7 heteroatoms. The molecule has 18 heavy (non-hydrogen) atoms. The van der Waals surface area contributed by atoms with Crippen molar-refractivity contribution in [2.75, 3.05) is 12.0 Å². The Morgan fingerprint density at radius 2 is 2.22 bits per heavy atom. The van der Waals surface area contributed by atoms with E-state index in [-0.39, 0.29) is 30.0 Å². The highest BCUT2D eigenvalue weighted by Gasteiger charge is 2.29. The molecular formula is C11H19N3O3S. The molecule has 3 unspecified atom stereocenters. The highest BCUT2D eigenvalue weighted by Crippen LogP contribution is 2.24. The first kappa shape index (κ1) is 14.9. The lowest BCUT2D eigenvalue weighted by Gasteiger charge is -2.18. The summed E-state index contributed by atoms with van der Waals surface area (Å²) in [5.41, 5.74) is 5.63. The molecule has 0 aromatic carbocycles. The smallest absolute Gasteiger partial charge is 0.237 e. The summed E-state index contributed by atoms with van der Waals surface area (Å²) in [5, 5.41) is 11.6. The van der Waals surface area contributed by atoms with Crippen LogP contribution in [-0.4, -0.2) is 38.4 Å². The number of rotatable bonds is 5. The van der Waals surface area contributed by atoms with E-state index in [0.717, 1.165) is 25.5 Å². The normalized spacial score (nSPS) is 25.4. The van der Waals surface area contributed by atoms with Gasteiger partial charge in [-0.2, -0.15) is 5.26 Å². The van der Waals surface area contributed by atoms with Gasteiger partial charge in [0.1, 0.15) is 9.84 Å². The van der Waals surface area contributed by atoms with Crippen LogP contribution in [0, 0.1) is 17.2 Å². The number of hydrogen-bond donors (Lipinski definition) is 2. The van der Waals surface area contributed by atoms with Gasteiger partial charge in [0.2, 0.25) is 5.91 Å². The van der Waals surface area contributed by atoms with E-state index in [1.54, 1.807) is 0 Å². The topological polar surface area (TPSA) is 113 Å². The third-order valence-electron chi connectivity index (χ3n) is 3.15. The Morgan fingerprint density at radius 1 is 1.56 bits per heavy atom. The summed E-state index contributed by atoms with van der Waals surface area (Å²) >= 11 is 0. The molecule has 0 aromatic heterocycles. The minimum absolute atomic E-state index is 0.103. The number of sulfone groups is 1. The van der Waals surface area contributed by atoms with Crippen LogP contribution in [0.2, 0.25) is 0 Å².